The Balaban J connectivity index is 0.000000980. The van der Waals surface area contributed by atoms with Crippen LogP contribution in [0.1, 0.15) is 6.42 Å². The summed E-state index contributed by atoms with van der Waals surface area (Å²) in [6.07, 6.45) is 4.71. The van der Waals surface area contributed by atoms with E-state index in [9.17, 15) is 0 Å². The van der Waals surface area contributed by atoms with E-state index < -0.39 is 0 Å². The fraction of sp³-hybridized carbons (Fsp3) is 0.556. The molecule has 0 bridgehead atoms. The molecule has 2 N–H and O–H groups in total. The molecule has 0 saturated carbocycles. The van der Waals surface area contributed by atoms with E-state index in [4.69, 9.17) is 5.73 Å². The second kappa shape index (κ2) is 5.12. The number of hydrogen-bond donors (Lipinski definition) is 1. The van der Waals surface area contributed by atoms with Crippen molar-refractivity contribution in [3.05, 3.63) is 18.5 Å². The van der Waals surface area contributed by atoms with Crippen molar-refractivity contribution in [1.29, 1.82) is 0 Å². The van der Waals surface area contributed by atoms with Gasteiger partial charge >= 0.3 is 0 Å². The highest BCUT2D eigenvalue weighted by Crippen LogP contribution is 2.18. The molecule has 1 aromatic rings. The Labute approximate surface area is 89.9 Å². The third-order valence-corrected chi connectivity index (χ3v) is 2.45. The zero-order chi connectivity index (χ0) is 9.10. The van der Waals surface area contributed by atoms with E-state index in [1.165, 1.54) is 0 Å². The normalized spacial score (nSPS) is 20.6. The minimum absolute atomic E-state index is 0. The maximum absolute atomic E-state index is 5.61. The van der Waals surface area contributed by atoms with E-state index in [2.05, 4.69) is 14.9 Å². The number of halogens is 1. The zero-order valence-electron chi connectivity index (χ0n) is 7.97. The van der Waals surface area contributed by atoms with E-state index in [1.807, 2.05) is 6.07 Å². The molecular formula is C9H15ClN4. The van der Waals surface area contributed by atoms with Gasteiger partial charge in [-0.05, 0) is 24.9 Å². The molecule has 2 rings (SSSR count). The zero-order valence-corrected chi connectivity index (χ0v) is 8.78. The lowest BCUT2D eigenvalue weighted by atomic mass is 10.1. The van der Waals surface area contributed by atoms with Crippen molar-refractivity contribution in [3.63, 3.8) is 0 Å². The van der Waals surface area contributed by atoms with Crippen molar-refractivity contribution in [2.45, 2.75) is 6.42 Å². The summed E-state index contributed by atoms with van der Waals surface area (Å²) in [6.45, 7) is 2.80. The summed E-state index contributed by atoms with van der Waals surface area (Å²) >= 11 is 0. The molecule has 1 aromatic heterocycles. The second-order valence-corrected chi connectivity index (χ2v) is 3.39. The standard InChI is InChI=1S/C9H14N4.ClH/c10-6-8-2-5-13(7-8)9-11-3-1-4-12-9;/h1,3-4,8H,2,5-7,10H2;1H. The summed E-state index contributed by atoms with van der Waals surface area (Å²) in [5.74, 6) is 1.45. The molecule has 0 aliphatic carbocycles. The second-order valence-electron chi connectivity index (χ2n) is 3.39. The number of hydrogen-bond acceptors (Lipinski definition) is 4. The molecule has 1 unspecified atom stereocenters. The first-order valence-electron chi connectivity index (χ1n) is 4.62. The molecule has 1 fully saturated rings. The first-order chi connectivity index (χ1) is 6.40. The lowest BCUT2D eigenvalue weighted by Crippen LogP contribution is -2.24. The summed E-state index contributed by atoms with van der Waals surface area (Å²) in [6, 6.07) is 1.83. The third kappa shape index (κ3) is 2.33. The Morgan fingerprint density at radius 3 is 2.71 bits per heavy atom. The van der Waals surface area contributed by atoms with Crippen LogP contribution in [0.3, 0.4) is 0 Å². The average molecular weight is 215 g/mol. The largest absolute Gasteiger partial charge is 0.340 e. The van der Waals surface area contributed by atoms with E-state index in [0.29, 0.717) is 5.92 Å². The van der Waals surface area contributed by atoms with Gasteiger partial charge in [-0.1, -0.05) is 0 Å². The molecule has 5 heteroatoms. The maximum atomic E-state index is 5.61. The Hall–Kier alpha value is -0.870. The minimum atomic E-state index is 0. The number of rotatable bonds is 2. The van der Waals surface area contributed by atoms with Crippen molar-refractivity contribution < 1.29 is 0 Å². The topological polar surface area (TPSA) is 55.0 Å². The van der Waals surface area contributed by atoms with Gasteiger partial charge in [0.15, 0.2) is 0 Å². The molecule has 14 heavy (non-hydrogen) atoms. The van der Waals surface area contributed by atoms with Gasteiger partial charge in [0, 0.05) is 25.5 Å². The molecule has 78 valence electrons. The van der Waals surface area contributed by atoms with Crippen LogP contribution in [0.2, 0.25) is 0 Å². The highest BCUT2D eigenvalue weighted by molar-refractivity contribution is 5.85. The van der Waals surface area contributed by atoms with Crippen LogP contribution < -0.4 is 10.6 Å². The van der Waals surface area contributed by atoms with Crippen LogP contribution >= 0.6 is 12.4 Å². The molecule has 2 heterocycles. The van der Waals surface area contributed by atoms with Gasteiger partial charge < -0.3 is 10.6 Å². The van der Waals surface area contributed by atoms with Gasteiger partial charge in [0.1, 0.15) is 0 Å². The lowest BCUT2D eigenvalue weighted by Gasteiger charge is -2.14. The molecular weight excluding hydrogens is 200 g/mol. The fourth-order valence-corrected chi connectivity index (χ4v) is 1.66. The summed E-state index contributed by atoms with van der Waals surface area (Å²) in [7, 11) is 0. The van der Waals surface area contributed by atoms with Crippen molar-refractivity contribution in [2.24, 2.45) is 11.7 Å². The van der Waals surface area contributed by atoms with Crippen molar-refractivity contribution in [2.75, 3.05) is 24.5 Å². The SMILES string of the molecule is Cl.NCC1CCN(c2ncccn2)C1. The van der Waals surface area contributed by atoms with Crippen LogP contribution in [0.15, 0.2) is 18.5 Å². The van der Waals surface area contributed by atoms with E-state index in [-0.39, 0.29) is 12.4 Å². The molecule has 0 amide bonds. The van der Waals surface area contributed by atoms with Crippen molar-refractivity contribution in [3.8, 4) is 0 Å². The molecule has 1 aliphatic rings. The van der Waals surface area contributed by atoms with Crippen LogP contribution in [0.4, 0.5) is 5.95 Å². The molecule has 1 aliphatic heterocycles. The summed E-state index contributed by atoms with van der Waals surface area (Å²) in [5, 5.41) is 0. The highest BCUT2D eigenvalue weighted by atomic mass is 35.5. The summed E-state index contributed by atoms with van der Waals surface area (Å²) < 4.78 is 0. The fourth-order valence-electron chi connectivity index (χ4n) is 1.66. The molecule has 1 atom stereocenters. The number of aromatic nitrogens is 2. The smallest absolute Gasteiger partial charge is 0.225 e. The number of nitrogens with zero attached hydrogens (tertiary/aromatic N) is 3. The molecule has 0 radical (unpaired) electrons. The van der Waals surface area contributed by atoms with Crippen LogP contribution in [0, 0.1) is 5.92 Å². The van der Waals surface area contributed by atoms with E-state index >= 15 is 0 Å². The Morgan fingerprint density at radius 1 is 1.43 bits per heavy atom. The lowest BCUT2D eigenvalue weighted by molar-refractivity contribution is 0.602. The van der Waals surface area contributed by atoms with E-state index in [0.717, 1.165) is 32.0 Å². The quantitative estimate of drug-likeness (QED) is 0.787. The highest BCUT2D eigenvalue weighted by Gasteiger charge is 2.22. The Bertz CT molecular complexity index is 267. The van der Waals surface area contributed by atoms with Gasteiger partial charge in [0.05, 0.1) is 0 Å². The van der Waals surface area contributed by atoms with Crippen LogP contribution in [0.25, 0.3) is 0 Å². The predicted molar refractivity (Wildman–Crippen MR) is 58.7 cm³/mol. The monoisotopic (exact) mass is 214 g/mol. The molecule has 0 aromatic carbocycles. The maximum Gasteiger partial charge on any atom is 0.225 e. The Kier molecular flexibility index (Phi) is 4.10. The van der Waals surface area contributed by atoms with Crippen molar-refractivity contribution >= 4 is 18.4 Å². The first kappa shape index (κ1) is 11.2. The number of anilines is 1. The summed E-state index contributed by atoms with van der Waals surface area (Å²) in [5.41, 5.74) is 5.61. The van der Waals surface area contributed by atoms with Gasteiger partial charge in [-0.3, -0.25) is 0 Å². The predicted octanol–water partition coefficient (Wildman–Crippen LogP) is 0.683. The van der Waals surface area contributed by atoms with Crippen molar-refractivity contribution in [1.82, 2.24) is 9.97 Å². The van der Waals surface area contributed by atoms with Crippen LogP contribution in [0.5, 0.6) is 0 Å². The van der Waals surface area contributed by atoms with Gasteiger partial charge in [0.2, 0.25) is 5.95 Å². The van der Waals surface area contributed by atoms with Crippen LogP contribution in [-0.2, 0) is 0 Å². The van der Waals surface area contributed by atoms with Gasteiger partial charge in [-0.25, -0.2) is 9.97 Å². The van der Waals surface area contributed by atoms with Gasteiger partial charge in [-0.2, -0.15) is 0 Å². The average Bonchev–Trinajstić information content (AvgIpc) is 2.67. The van der Waals surface area contributed by atoms with Gasteiger partial charge in [0.25, 0.3) is 0 Å². The van der Waals surface area contributed by atoms with E-state index in [1.54, 1.807) is 12.4 Å². The first-order valence-corrected chi connectivity index (χ1v) is 4.62. The molecule has 4 nitrogen and oxygen atoms in total. The Morgan fingerprint density at radius 2 is 2.14 bits per heavy atom. The minimum Gasteiger partial charge on any atom is -0.340 e. The summed E-state index contributed by atoms with van der Waals surface area (Å²) in [4.78, 5) is 10.6. The van der Waals surface area contributed by atoms with Crippen LogP contribution in [-0.4, -0.2) is 29.6 Å². The molecule has 1 saturated heterocycles. The number of nitrogens with two attached hydrogens (primary N) is 1. The van der Waals surface area contributed by atoms with Gasteiger partial charge in [-0.15, -0.1) is 12.4 Å². The third-order valence-electron chi connectivity index (χ3n) is 2.45. The molecule has 0 spiro atoms.